The molecule has 0 aliphatic carbocycles. The van der Waals surface area contributed by atoms with Crippen LogP contribution in [0.3, 0.4) is 0 Å². The second kappa shape index (κ2) is 38.5. The first kappa shape index (κ1) is 49.8. The molecule has 0 amide bonds. The molecule has 0 aliphatic rings. The van der Waals surface area contributed by atoms with Gasteiger partial charge in [0.15, 0.2) is 6.10 Å². The number of hydrogen-bond donors (Lipinski definition) is 1. The third-order valence-corrected chi connectivity index (χ3v) is 10.4. The molecule has 0 rings (SSSR count). The van der Waals surface area contributed by atoms with Gasteiger partial charge in [0.2, 0.25) is 0 Å². The summed E-state index contributed by atoms with van der Waals surface area (Å²) in [6.45, 7) is 5.49. The van der Waals surface area contributed by atoms with E-state index in [2.05, 4.69) is 26.0 Å². The zero-order valence-corrected chi connectivity index (χ0v) is 34.4. The van der Waals surface area contributed by atoms with Crippen LogP contribution in [0.15, 0.2) is 12.2 Å². The van der Waals surface area contributed by atoms with Gasteiger partial charge in [0.05, 0.1) is 13.2 Å². The van der Waals surface area contributed by atoms with Crippen molar-refractivity contribution in [1.29, 1.82) is 0 Å². The van der Waals surface area contributed by atoms with Crippen LogP contribution in [0, 0.1) is 0 Å². The fourth-order valence-corrected chi connectivity index (χ4v) is 6.91. The van der Waals surface area contributed by atoms with E-state index in [1.807, 2.05) is 0 Å². The Balaban J connectivity index is 4.06. The molecule has 1 N–H and O–H groups in total. The Labute approximate surface area is 314 Å². The lowest BCUT2D eigenvalue weighted by Gasteiger charge is -2.19. The smallest absolute Gasteiger partial charge is 0.462 e. The van der Waals surface area contributed by atoms with Crippen LogP contribution in [0.25, 0.3) is 0 Å². The Kier molecular flexibility index (Phi) is 37.6. The number of rotatable bonds is 40. The van der Waals surface area contributed by atoms with E-state index >= 15 is 0 Å². The normalized spacial score (nSPS) is 13.4. The molecule has 51 heavy (non-hydrogen) atoms. The van der Waals surface area contributed by atoms with Crippen LogP contribution in [0.4, 0.5) is 0 Å². The van der Waals surface area contributed by atoms with Crippen molar-refractivity contribution < 1.29 is 37.6 Å². The monoisotopic (exact) mass is 745 g/mol. The summed E-state index contributed by atoms with van der Waals surface area (Å²) < 4.78 is 32.6. The highest BCUT2D eigenvalue weighted by molar-refractivity contribution is 7.47. The van der Waals surface area contributed by atoms with Gasteiger partial charge in [0.25, 0.3) is 0 Å². The van der Waals surface area contributed by atoms with Gasteiger partial charge in [0.1, 0.15) is 6.61 Å². The molecule has 0 aromatic rings. The maximum atomic E-state index is 12.5. The van der Waals surface area contributed by atoms with Crippen molar-refractivity contribution in [2.45, 2.75) is 226 Å². The van der Waals surface area contributed by atoms with E-state index in [1.54, 1.807) is 6.92 Å². The number of phosphoric ester groups is 1. The van der Waals surface area contributed by atoms with Crippen molar-refractivity contribution in [3.8, 4) is 0 Å². The molecule has 302 valence electrons. The van der Waals surface area contributed by atoms with Crippen LogP contribution in [0.2, 0.25) is 0 Å². The number of esters is 2. The molecule has 0 aromatic carbocycles. The topological polar surface area (TPSA) is 108 Å². The standard InChI is InChI=1S/C42H81O8P/c1-4-7-9-11-13-15-17-19-21-22-23-25-27-29-31-33-35-37-42(44)50-40(39-49-51(45,46)48-6-3)38-47-41(43)36-34-32-30-28-26-24-20-18-16-14-12-10-8-5-2/h19,21,40H,4-18,20,22-39H2,1-3H3,(H,45,46)/b21-19-. The molecule has 2 unspecified atom stereocenters. The summed E-state index contributed by atoms with van der Waals surface area (Å²) in [5.41, 5.74) is 0. The van der Waals surface area contributed by atoms with E-state index in [0.717, 1.165) is 44.9 Å². The second-order valence-corrected chi connectivity index (χ2v) is 15.8. The zero-order valence-electron chi connectivity index (χ0n) is 33.5. The number of phosphoric acid groups is 1. The summed E-state index contributed by atoms with van der Waals surface area (Å²) in [6.07, 6.45) is 39.7. The average Bonchev–Trinajstić information content (AvgIpc) is 3.10. The molecule has 0 radical (unpaired) electrons. The van der Waals surface area contributed by atoms with Gasteiger partial charge in [-0.05, 0) is 45.4 Å². The van der Waals surface area contributed by atoms with Crippen LogP contribution in [-0.4, -0.2) is 42.8 Å². The average molecular weight is 745 g/mol. The Hall–Kier alpha value is -1.21. The first-order chi connectivity index (χ1) is 24.8. The van der Waals surface area contributed by atoms with Crippen molar-refractivity contribution in [1.82, 2.24) is 0 Å². The van der Waals surface area contributed by atoms with Gasteiger partial charge >= 0.3 is 19.8 Å². The van der Waals surface area contributed by atoms with E-state index in [4.69, 9.17) is 18.5 Å². The summed E-state index contributed by atoms with van der Waals surface area (Å²) >= 11 is 0. The van der Waals surface area contributed by atoms with E-state index in [1.165, 1.54) is 135 Å². The Morgan fingerprint density at radius 1 is 0.510 bits per heavy atom. The number of unbranched alkanes of at least 4 members (excludes halogenated alkanes) is 26. The predicted octanol–water partition coefficient (Wildman–Crippen LogP) is 13.3. The molecule has 0 heterocycles. The number of allylic oxidation sites excluding steroid dienone is 2. The highest BCUT2D eigenvalue weighted by Gasteiger charge is 2.25. The molecule has 8 nitrogen and oxygen atoms in total. The van der Waals surface area contributed by atoms with E-state index in [0.29, 0.717) is 12.8 Å². The molecular formula is C42H81O8P. The molecule has 0 saturated heterocycles. The van der Waals surface area contributed by atoms with Gasteiger partial charge in [-0.25, -0.2) is 4.57 Å². The number of carbonyl (C=O) groups excluding carboxylic acids is 2. The molecule has 0 bridgehead atoms. The van der Waals surface area contributed by atoms with Gasteiger partial charge < -0.3 is 14.4 Å². The van der Waals surface area contributed by atoms with Crippen molar-refractivity contribution in [2.75, 3.05) is 19.8 Å². The van der Waals surface area contributed by atoms with Crippen LogP contribution in [-0.2, 0) is 32.7 Å². The third kappa shape index (κ3) is 38.3. The Morgan fingerprint density at radius 3 is 1.29 bits per heavy atom. The fraction of sp³-hybridized carbons (Fsp3) is 0.905. The minimum atomic E-state index is -4.27. The zero-order chi connectivity index (χ0) is 37.5. The summed E-state index contributed by atoms with van der Waals surface area (Å²) in [6, 6.07) is 0. The van der Waals surface area contributed by atoms with Crippen molar-refractivity contribution in [2.24, 2.45) is 0 Å². The van der Waals surface area contributed by atoms with E-state index in [9.17, 15) is 19.0 Å². The lowest BCUT2D eigenvalue weighted by atomic mass is 10.0. The summed E-state index contributed by atoms with van der Waals surface area (Å²) in [7, 11) is -4.27. The Morgan fingerprint density at radius 2 is 0.882 bits per heavy atom. The molecule has 0 aromatic heterocycles. The van der Waals surface area contributed by atoms with Crippen LogP contribution < -0.4 is 0 Å². The minimum absolute atomic E-state index is 0.00275. The quantitative estimate of drug-likeness (QED) is 0.0286. The lowest BCUT2D eigenvalue weighted by molar-refractivity contribution is -0.161. The fourth-order valence-electron chi connectivity index (χ4n) is 6.15. The van der Waals surface area contributed by atoms with Crippen LogP contribution >= 0.6 is 7.82 Å². The van der Waals surface area contributed by atoms with Crippen molar-refractivity contribution in [3.05, 3.63) is 12.2 Å². The SMILES string of the molecule is CCCCCCCC/C=C\CCCCCCCCCC(=O)OC(COC(=O)CCCCCCCCCCCCCCCC)COP(=O)(O)OCC. The van der Waals surface area contributed by atoms with Gasteiger partial charge in [-0.3, -0.25) is 18.6 Å². The third-order valence-electron chi connectivity index (χ3n) is 9.32. The first-order valence-corrected chi connectivity index (χ1v) is 23.0. The summed E-state index contributed by atoms with van der Waals surface area (Å²) in [5, 5.41) is 0. The maximum Gasteiger partial charge on any atom is 0.472 e. The van der Waals surface area contributed by atoms with Gasteiger partial charge in [-0.2, -0.15) is 0 Å². The van der Waals surface area contributed by atoms with E-state index in [-0.39, 0.29) is 32.2 Å². The molecular weight excluding hydrogens is 663 g/mol. The summed E-state index contributed by atoms with van der Waals surface area (Å²) in [4.78, 5) is 34.7. The maximum absolute atomic E-state index is 12.5. The molecule has 0 saturated carbocycles. The second-order valence-electron chi connectivity index (χ2n) is 14.4. The van der Waals surface area contributed by atoms with Crippen LogP contribution in [0.1, 0.15) is 220 Å². The first-order valence-electron chi connectivity index (χ1n) is 21.5. The Bertz CT molecular complexity index is 849. The van der Waals surface area contributed by atoms with Crippen molar-refractivity contribution >= 4 is 19.8 Å². The molecule has 0 fully saturated rings. The molecule has 0 aliphatic heterocycles. The van der Waals surface area contributed by atoms with Gasteiger partial charge in [0, 0.05) is 12.8 Å². The largest absolute Gasteiger partial charge is 0.472 e. The van der Waals surface area contributed by atoms with Crippen LogP contribution in [0.5, 0.6) is 0 Å². The molecule has 0 spiro atoms. The van der Waals surface area contributed by atoms with Crippen molar-refractivity contribution in [3.63, 3.8) is 0 Å². The number of hydrogen-bond acceptors (Lipinski definition) is 7. The highest BCUT2D eigenvalue weighted by atomic mass is 31.2. The van der Waals surface area contributed by atoms with Gasteiger partial charge in [-0.1, -0.05) is 174 Å². The molecule has 9 heteroatoms. The summed E-state index contributed by atoms with van der Waals surface area (Å²) in [5.74, 6) is -0.792. The van der Waals surface area contributed by atoms with E-state index < -0.39 is 19.9 Å². The number of ether oxygens (including phenoxy) is 2. The van der Waals surface area contributed by atoms with Gasteiger partial charge in [-0.15, -0.1) is 0 Å². The highest BCUT2D eigenvalue weighted by Crippen LogP contribution is 2.43. The predicted molar refractivity (Wildman–Crippen MR) is 212 cm³/mol. The minimum Gasteiger partial charge on any atom is -0.462 e. The number of carbonyl (C=O) groups is 2. The lowest BCUT2D eigenvalue weighted by Crippen LogP contribution is -2.29. The molecule has 2 atom stereocenters.